The molecule has 0 fully saturated rings. The van der Waals surface area contributed by atoms with Gasteiger partial charge in [-0.15, -0.1) is 0 Å². The Morgan fingerprint density at radius 3 is 2.67 bits per heavy atom. The molecule has 2 aromatic rings. The Labute approximate surface area is 128 Å². The molecule has 21 heavy (non-hydrogen) atoms. The average Bonchev–Trinajstić information content (AvgIpc) is 2.52. The molecule has 0 heterocycles. The van der Waals surface area contributed by atoms with Crippen molar-refractivity contribution in [3.63, 3.8) is 0 Å². The lowest BCUT2D eigenvalue weighted by Crippen LogP contribution is -2.06. The smallest absolute Gasteiger partial charge is 0.127 e. The summed E-state index contributed by atoms with van der Waals surface area (Å²) in [7, 11) is 0. The molecule has 2 aromatic carbocycles. The van der Waals surface area contributed by atoms with Crippen LogP contribution in [0, 0.1) is 0 Å². The molecule has 0 aliphatic heterocycles. The molecule has 2 nitrogen and oxygen atoms in total. The maximum atomic E-state index is 5.83. The molecule has 0 N–H and O–H groups in total. The van der Waals surface area contributed by atoms with Gasteiger partial charge in [-0.25, -0.2) is 0 Å². The number of hydrogen-bond acceptors (Lipinski definition) is 2. The molecule has 114 valence electrons. The van der Waals surface area contributed by atoms with E-state index in [1.165, 1.54) is 42.0 Å². The number of unbranched alkanes of at least 4 members (excludes halogenated alkanes) is 2. The summed E-state index contributed by atoms with van der Waals surface area (Å²) in [5.41, 5.74) is 1.42. The second kappa shape index (κ2) is 8.68. The molecule has 0 aliphatic rings. The Bertz CT molecular complexity index is 548. The van der Waals surface area contributed by atoms with E-state index in [1.54, 1.807) is 0 Å². The predicted molar refractivity (Wildman–Crippen MR) is 89.2 cm³/mol. The van der Waals surface area contributed by atoms with Crippen molar-refractivity contribution >= 4 is 10.8 Å². The van der Waals surface area contributed by atoms with Crippen molar-refractivity contribution in [2.45, 2.75) is 39.5 Å². The normalized spacial score (nSPS) is 11.0. The molecule has 0 radical (unpaired) electrons. The number of aryl methyl sites for hydroxylation is 1. The van der Waals surface area contributed by atoms with Gasteiger partial charge in [-0.05, 0) is 36.8 Å². The molecule has 0 aliphatic carbocycles. The molecule has 2 rings (SSSR count). The van der Waals surface area contributed by atoms with Crippen molar-refractivity contribution in [2.75, 3.05) is 19.8 Å². The number of ether oxygens (including phenoxy) is 2. The van der Waals surface area contributed by atoms with Gasteiger partial charge in [0, 0.05) is 12.0 Å². The maximum Gasteiger partial charge on any atom is 0.127 e. The zero-order chi connectivity index (χ0) is 14.9. The second-order valence-electron chi connectivity index (χ2n) is 5.31. The zero-order valence-corrected chi connectivity index (χ0v) is 13.2. The Balaban J connectivity index is 2.06. The van der Waals surface area contributed by atoms with Crippen molar-refractivity contribution in [2.24, 2.45) is 0 Å². The fraction of sp³-hybridized carbons (Fsp3) is 0.474. The Hall–Kier alpha value is -1.54. The van der Waals surface area contributed by atoms with Crippen LogP contribution in [0.4, 0.5) is 0 Å². The van der Waals surface area contributed by atoms with Crippen molar-refractivity contribution in [3.8, 4) is 5.75 Å². The van der Waals surface area contributed by atoms with E-state index >= 15 is 0 Å². The first-order chi connectivity index (χ1) is 10.3. The van der Waals surface area contributed by atoms with E-state index in [-0.39, 0.29) is 0 Å². The van der Waals surface area contributed by atoms with Crippen LogP contribution in [-0.2, 0) is 11.2 Å². The third-order valence-corrected chi connectivity index (χ3v) is 3.66. The third-order valence-electron chi connectivity index (χ3n) is 3.66. The molecule has 2 heteroatoms. The van der Waals surface area contributed by atoms with E-state index in [1.807, 2.05) is 13.0 Å². The highest BCUT2D eigenvalue weighted by Crippen LogP contribution is 2.27. The van der Waals surface area contributed by atoms with Crippen LogP contribution in [-0.4, -0.2) is 19.8 Å². The van der Waals surface area contributed by atoms with Gasteiger partial charge in [0.05, 0.1) is 6.61 Å². The molecule has 0 aromatic heterocycles. The zero-order valence-electron chi connectivity index (χ0n) is 13.2. The van der Waals surface area contributed by atoms with E-state index in [0.29, 0.717) is 13.2 Å². The highest BCUT2D eigenvalue weighted by Gasteiger charge is 2.03. The minimum atomic E-state index is 0.602. The van der Waals surface area contributed by atoms with Gasteiger partial charge in [0.15, 0.2) is 0 Å². The van der Waals surface area contributed by atoms with Crippen LogP contribution < -0.4 is 4.74 Å². The van der Waals surface area contributed by atoms with Crippen LogP contribution in [0.15, 0.2) is 36.4 Å². The lowest BCUT2D eigenvalue weighted by molar-refractivity contribution is 0.111. The first kappa shape index (κ1) is 15.8. The van der Waals surface area contributed by atoms with Crippen molar-refractivity contribution in [1.29, 1.82) is 0 Å². The number of fused-ring (bicyclic) bond motifs is 1. The summed E-state index contributed by atoms with van der Waals surface area (Å²) in [6, 6.07) is 13.0. The molecule has 0 amide bonds. The van der Waals surface area contributed by atoms with E-state index in [0.717, 1.165) is 12.4 Å². The molecule has 0 bridgehead atoms. The van der Waals surface area contributed by atoms with Gasteiger partial charge in [-0.3, -0.25) is 0 Å². The largest absolute Gasteiger partial charge is 0.491 e. The Morgan fingerprint density at radius 1 is 0.952 bits per heavy atom. The Morgan fingerprint density at radius 2 is 1.86 bits per heavy atom. The first-order valence-electron chi connectivity index (χ1n) is 8.07. The van der Waals surface area contributed by atoms with Crippen LogP contribution in [0.3, 0.4) is 0 Å². The summed E-state index contributed by atoms with van der Waals surface area (Å²) in [4.78, 5) is 0. The van der Waals surface area contributed by atoms with Crippen molar-refractivity contribution in [3.05, 3.63) is 42.0 Å². The summed E-state index contributed by atoms with van der Waals surface area (Å²) < 4.78 is 11.2. The Kier molecular flexibility index (Phi) is 6.55. The SMILES string of the molecule is CCCCCc1ccc2c(OCCOCC)cccc2c1. The van der Waals surface area contributed by atoms with E-state index in [9.17, 15) is 0 Å². The van der Waals surface area contributed by atoms with Gasteiger partial charge in [0.25, 0.3) is 0 Å². The van der Waals surface area contributed by atoms with E-state index < -0.39 is 0 Å². The average molecular weight is 286 g/mol. The van der Waals surface area contributed by atoms with Crippen LogP contribution in [0.2, 0.25) is 0 Å². The molecular formula is C19H26O2. The molecule has 0 saturated carbocycles. The molecule has 0 saturated heterocycles. The van der Waals surface area contributed by atoms with Gasteiger partial charge in [0.2, 0.25) is 0 Å². The highest BCUT2D eigenvalue weighted by atomic mass is 16.5. The first-order valence-corrected chi connectivity index (χ1v) is 8.07. The molecule has 0 unspecified atom stereocenters. The number of hydrogen-bond donors (Lipinski definition) is 0. The van der Waals surface area contributed by atoms with Crippen molar-refractivity contribution in [1.82, 2.24) is 0 Å². The summed E-state index contributed by atoms with van der Waals surface area (Å²) in [5, 5.41) is 2.45. The van der Waals surface area contributed by atoms with Crippen LogP contribution in [0.5, 0.6) is 5.75 Å². The number of benzene rings is 2. The lowest BCUT2D eigenvalue weighted by atomic mass is 10.0. The third kappa shape index (κ3) is 4.75. The molecule has 0 spiro atoms. The summed E-state index contributed by atoms with van der Waals surface area (Å²) >= 11 is 0. The fourth-order valence-corrected chi connectivity index (χ4v) is 2.52. The van der Waals surface area contributed by atoms with Crippen LogP contribution in [0.1, 0.15) is 38.7 Å². The monoisotopic (exact) mass is 286 g/mol. The van der Waals surface area contributed by atoms with Gasteiger partial charge < -0.3 is 9.47 Å². The lowest BCUT2D eigenvalue weighted by Gasteiger charge is -2.10. The predicted octanol–water partition coefficient (Wildman–Crippen LogP) is 4.99. The van der Waals surface area contributed by atoms with Gasteiger partial charge in [-0.2, -0.15) is 0 Å². The minimum Gasteiger partial charge on any atom is -0.491 e. The summed E-state index contributed by atoms with van der Waals surface area (Å²) in [6.07, 6.45) is 5.01. The summed E-state index contributed by atoms with van der Waals surface area (Å²) in [6.45, 7) is 6.22. The second-order valence-corrected chi connectivity index (χ2v) is 5.31. The topological polar surface area (TPSA) is 18.5 Å². The van der Waals surface area contributed by atoms with E-state index in [2.05, 4.69) is 37.3 Å². The standard InChI is InChI=1S/C19H26O2/c1-3-5-6-8-16-11-12-18-17(15-16)9-7-10-19(18)21-14-13-20-4-2/h7,9-12,15H,3-6,8,13-14H2,1-2H3. The molecular weight excluding hydrogens is 260 g/mol. The quantitative estimate of drug-likeness (QED) is 0.605. The molecule has 0 atom stereocenters. The minimum absolute atomic E-state index is 0.602. The van der Waals surface area contributed by atoms with Crippen molar-refractivity contribution < 1.29 is 9.47 Å². The summed E-state index contributed by atoms with van der Waals surface area (Å²) in [5.74, 6) is 0.951. The van der Waals surface area contributed by atoms with E-state index in [4.69, 9.17) is 9.47 Å². The van der Waals surface area contributed by atoms with Crippen LogP contribution >= 0.6 is 0 Å². The van der Waals surface area contributed by atoms with Gasteiger partial charge in [-0.1, -0.05) is 50.1 Å². The fourth-order valence-electron chi connectivity index (χ4n) is 2.52. The van der Waals surface area contributed by atoms with Gasteiger partial charge >= 0.3 is 0 Å². The maximum absolute atomic E-state index is 5.83. The van der Waals surface area contributed by atoms with Crippen LogP contribution in [0.25, 0.3) is 10.8 Å². The highest BCUT2D eigenvalue weighted by molar-refractivity contribution is 5.88. The van der Waals surface area contributed by atoms with Gasteiger partial charge in [0.1, 0.15) is 12.4 Å². The number of rotatable bonds is 9.